The van der Waals surface area contributed by atoms with Gasteiger partial charge in [0.05, 0.1) is 29.1 Å². The number of anilines is 4. The normalized spacial score (nSPS) is 10.3. The highest BCUT2D eigenvalue weighted by molar-refractivity contribution is 6.33. The van der Waals surface area contributed by atoms with Crippen molar-refractivity contribution in [3.63, 3.8) is 0 Å². The highest BCUT2D eigenvalue weighted by atomic mass is 35.5. The maximum atomic E-state index is 11.9. The summed E-state index contributed by atoms with van der Waals surface area (Å²) in [4.78, 5) is 20.7. The van der Waals surface area contributed by atoms with Crippen molar-refractivity contribution in [1.29, 1.82) is 0 Å². The smallest absolute Gasteiger partial charge is 0.339 e. The van der Waals surface area contributed by atoms with Crippen LogP contribution >= 0.6 is 11.6 Å². The quantitative estimate of drug-likeness (QED) is 0.635. The lowest BCUT2D eigenvalue weighted by atomic mass is 10.2. The highest BCUT2D eigenvalue weighted by Gasteiger charge is 2.12. The summed E-state index contributed by atoms with van der Waals surface area (Å²) in [7, 11) is 1.35. The molecule has 0 spiro atoms. The number of aromatic nitrogens is 2. The lowest BCUT2D eigenvalue weighted by molar-refractivity contribution is 0.0602. The second-order valence-electron chi connectivity index (χ2n) is 5.45. The van der Waals surface area contributed by atoms with Gasteiger partial charge in [0.25, 0.3) is 0 Å². The summed E-state index contributed by atoms with van der Waals surface area (Å²) in [6.07, 6.45) is 0. The number of carbonyl (C=O) groups excluding carboxylic acids is 1. The third-order valence-corrected chi connectivity index (χ3v) is 3.90. The Hall–Kier alpha value is -3.12. The van der Waals surface area contributed by atoms with Gasteiger partial charge in [-0.3, -0.25) is 0 Å². The zero-order valence-corrected chi connectivity index (χ0v) is 15.0. The monoisotopic (exact) mass is 368 g/mol. The number of nitrogens with one attached hydrogen (secondary N) is 2. The van der Waals surface area contributed by atoms with Crippen molar-refractivity contribution in [2.75, 3.05) is 17.7 Å². The van der Waals surface area contributed by atoms with Crippen molar-refractivity contribution in [3.8, 4) is 0 Å². The molecule has 0 fully saturated rings. The molecule has 3 aromatic rings. The van der Waals surface area contributed by atoms with Gasteiger partial charge >= 0.3 is 5.97 Å². The van der Waals surface area contributed by atoms with Crippen LogP contribution in [0.15, 0.2) is 54.6 Å². The Balaban J connectivity index is 1.90. The van der Waals surface area contributed by atoms with Crippen LogP contribution in [0.25, 0.3) is 0 Å². The number of rotatable bonds is 5. The molecule has 26 heavy (non-hydrogen) atoms. The average molecular weight is 369 g/mol. The first-order valence-electron chi connectivity index (χ1n) is 7.88. The summed E-state index contributed by atoms with van der Waals surface area (Å²) >= 11 is 6.18. The van der Waals surface area contributed by atoms with Crippen molar-refractivity contribution < 1.29 is 9.53 Å². The first-order chi connectivity index (χ1) is 12.6. The van der Waals surface area contributed by atoms with Crippen LogP contribution in [0.3, 0.4) is 0 Å². The van der Waals surface area contributed by atoms with Crippen LogP contribution in [0.5, 0.6) is 0 Å². The van der Waals surface area contributed by atoms with Gasteiger partial charge in [-0.05, 0) is 31.2 Å². The van der Waals surface area contributed by atoms with Gasteiger partial charge in [-0.1, -0.05) is 35.9 Å². The molecule has 0 aliphatic rings. The molecule has 0 aliphatic carbocycles. The number of aryl methyl sites for hydroxylation is 1. The molecule has 1 heterocycles. The molecule has 0 saturated carbocycles. The highest BCUT2D eigenvalue weighted by Crippen LogP contribution is 2.26. The van der Waals surface area contributed by atoms with E-state index >= 15 is 0 Å². The molecule has 1 aromatic heterocycles. The minimum Gasteiger partial charge on any atom is -0.465 e. The number of methoxy groups -OCH3 is 1. The van der Waals surface area contributed by atoms with Crippen LogP contribution in [0, 0.1) is 6.92 Å². The number of hydrogen-bond donors (Lipinski definition) is 2. The van der Waals surface area contributed by atoms with Gasteiger partial charge in [-0.15, -0.1) is 0 Å². The van der Waals surface area contributed by atoms with E-state index in [1.807, 2.05) is 24.3 Å². The zero-order valence-electron chi connectivity index (χ0n) is 14.3. The topological polar surface area (TPSA) is 76.1 Å². The molecule has 6 nitrogen and oxygen atoms in total. The van der Waals surface area contributed by atoms with Crippen molar-refractivity contribution >= 4 is 40.6 Å². The maximum absolute atomic E-state index is 11.9. The molecule has 0 atom stereocenters. The molecule has 3 rings (SSSR count). The summed E-state index contributed by atoms with van der Waals surface area (Å²) in [5.41, 5.74) is 1.76. The summed E-state index contributed by atoms with van der Waals surface area (Å²) in [5.74, 6) is 1.28. The number of carbonyl (C=O) groups is 1. The van der Waals surface area contributed by atoms with Gasteiger partial charge in [0.1, 0.15) is 17.5 Å². The predicted octanol–water partition coefficient (Wildman–Crippen LogP) is 4.71. The third-order valence-electron chi connectivity index (χ3n) is 3.57. The van der Waals surface area contributed by atoms with E-state index in [-0.39, 0.29) is 0 Å². The summed E-state index contributed by atoms with van der Waals surface area (Å²) in [6, 6.07) is 16.2. The molecule has 2 N–H and O–H groups in total. The molecule has 2 aromatic carbocycles. The van der Waals surface area contributed by atoms with E-state index in [2.05, 4.69) is 20.6 Å². The second kappa shape index (κ2) is 7.84. The fourth-order valence-electron chi connectivity index (χ4n) is 2.41. The van der Waals surface area contributed by atoms with E-state index in [4.69, 9.17) is 16.3 Å². The molecule has 0 amide bonds. The van der Waals surface area contributed by atoms with Crippen molar-refractivity contribution in [3.05, 3.63) is 71.0 Å². The summed E-state index contributed by atoms with van der Waals surface area (Å²) in [5, 5.41) is 6.91. The number of benzene rings is 2. The van der Waals surface area contributed by atoms with Crippen LogP contribution in [0.1, 0.15) is 16.2 Å². The van der Waals surface area contributed by atoms with Crippen molar-refractivity contribution in [2.24, 2.45) is 0 Å². The number of esters is 1. The van der Waals surface area contributed by atoms with E-state index in [9.17, 15) is 4.79 Å². The Morgan fingerprint density at radius 3 is 2.19 bits per heavy atom. The van der Waals surface area contributed by atoms with Gasteiger partial charge in [-0.25, -0.2) is 14.8 Å². The molecule has 7 heteroatoms. The Labute approximate surface area is 156 Å². The lowest BCUT2D eigenvalue weighted by Crippen LogP contribution is -2.07. The fraction of sp³-hybridized carbons (Fsp3) is 0.105. The van der Waals surface area contributed by atoms with Gasteiger partial charge in [0.15, 0.2) is 0 Å². The van der Waals surface area contributed by atoms with Crippen LogP contribution in [0.2, 0.25) is 5.02 Å². The minimum absolute atomic E-state index is 0.423. The maximum Gasteiger partial charge on any atom is 0.339 e. The molecule has 0 aliphatic heterocycles. The number of nitrogens with zero attached hydrogens (tertiary/aromatic N) is 2. The number of halogens is 1. The van der Waals surface area contributed by atoms with Crippen LogP contribution in [0.4, 0.5) is 23.0 Å². The van der Waals surface area contributed by atoms with Gasteiger partial charge in [0, 0.05) is 6.07 Å². The van der Waals surface area contributed by atoms with Crippen molar-refractivity contribution in [2.45, 2.75) is 6.92 Å². The van der Waals surface area contributed by atoms with E-state index < -0.39 is 5.97 Å². The van der Waals surface area contributed by atoms with Gasteiger partial charge in [0.2, 0.25) is 0 Å². The first-order valence-corrected chi connectivity index (χ1v) is 8.26. The minimum atomic E-state index is -0.423. The molecular weight excluding hydrogens is 352 g/mol. The van der Waals surface area contributed by atoms with E-state index in [1.54, 1.807) is 37.3 Å². The summed E-state index contributed by atoms with van der Waals surface area (Å²) < 4.78 is 4.82. The standard InChI is InChI=1S/C19H17ClN4O2/c1-12-21-17(23-15-9-5-3-7-13(15)19(25)26-2)11-18(22-12)24-16-10-6-4-8-14(16)20/h3-11H,1-2H3,(H2,21,22,23,24). The molecule has 0 bridgehead atoms. The van der Waals surface area contributed by atoms with Crippen LogP contribution < -0.4 is 10.6 Å². The average Bonchev–Trinajstić information content (AvgIpc) is 2.63. The van der Waals surface area contributed by atoms with Gasteiger partial charge < -0.3 is 15.4 Å². The molecule has 0 radical (unpaired) electrons. The Bertz CT molecular complexity index is 946. The Morgan fingerprint density at radius 2 is 1.54 bits per heavy atom. The SMILES string of the molecule is COC(=O)c1ccccc1Nc1cc(Nc2ccccc2Cl)nc(C)n1. The van der Waals surface area contributed by atoms with Gasteiger partial charge in [-0.2, -0.15) is 0 Å². The summed E-state index contributed by atoms with van der Waals surface area (Å²) in [6.45, 7) is 1.79. The van der Waals surface area contributed by atoms with Crippen LogP contribution in [-0.4, -0.2) is 23.0 Å². The fourth-order valence-corrected chi connectivity index (χ4v) is 2.60. The zero-order chi connectivity index (χ0) is 18.5. The lowest BCUT2D eigenvalue weighted by Gasteiger charge is -2.13. The molecular formula is C19H17ClN4O2. The second-order valence-corrected chi connectivity index (χ2v) is 5.86. The Morgan fingerprint density at radius 1 is 0.962 bits per heavy atom. The number of hydrogen-bond acceptors (Lipinski definition) is 6. The molecule has 0 unspecified atom stereocenters. The van der Waals surface area contributed by atoms with E-state index in [0.717, 1.165) is 5.69 Å². The van der Waals surface area contributed by atoms with E-state index in [1.165, 1.54) is 7.11 Å². The van der Waals surface area contributed by atoms with Crippen molar-refractivity contribution in [1.82, 2.24) is 9.97 Å². The third kappa shape index (κ3) is 4.10. The van der Waals surface area contributed by atoms with E-state index in [0.29, 0.717) is 33.7 Å². The first kappa shape index (κ1) is 17.7. The molecule has 0 saturated heterocycles. The largest absolute Gasteiger partial charge is 0.465 e. The number of para-hydroxylation sites is 2. The molecule has 132 valence electrons. The Kier molecular flexibility index (Phi) is 5.34. The van der Waals surface area contributed by atoms with Crippen LogP contribution in [-0.2, 0) is 4.74 Å². The number of ether oxygens (including phenoxy) is 1. The predicted molar refractivity (Wildman–Crippen MR) is 103 cm³/mol.